The lowest BCUT2D eigenvalue weighted by molar-refractivity contribution is -0.0234. The molecule has 0 amide bonds. The third-order valence-corrected chi connectivity index (χ3v) is 1.78. The molecule has 0 rings (SSSR count). The third kappa shape index (κ3) is 6.94. The molecule has 2 unspecified atom stereocenters. The molecule has 0 aliphatic carbocycles. The lowest BCUT2D eigenvalue weighted by Gasteiger charge is -2.18. The Bertz CT molecular complexity index is 162. The molecule has 0 aliphatic heterocycles. The highest BCUT2D eigenvalue weighted by atomic mass is 35.5. The summed E-state index contributed by atoms with van der Waals surface area (Å²) >= 11 is 5.77. The van der Waals surface area contributed by atoms with Crippen LogP contribution in [0, 0.1) is 0 Å². The molecule has 0 fully saturated rings. The van der Waals surface area contributed by atoms with Crippen LogP contribution in [0.5, 0.6) is 0 Å². The molecule has 1 N–H and O–H groups in total. The number of methoxy groups -OCH3 is 1. The van der Waals surface area contributed by atoms with E-state index < -0.39 is 12.3 Å². The Kier molecular flexibility index (Phi) is 7.55. The van der Waals surface area contributed by atoms with Crippen molar-refractivity contribution < 1.29 is 24.1 Å². The predicted octanol–water partition coefficient (Wildman–Crippen LogP) is 1.34. The Morgan fingerprint density at radius 2 is 2.14 bits per heavy atom. The summed E-state index contributed by atoms with van der Waals surface area (Å²) in [5.41, 5.74) is 0. The molecule has 0 aromatic carbocycles. The minimum Gasteiger partial charge on any atom is -0.450 e. The van der Waals surface area contributed by atoms with Crippen LogP contribution in [-0.2, 0) is 14.2 Å². The van der Waals surface area contributed by atoms with E-state index in [0.29, 0.717) is 13.2 Å². The van der Waals surface area contributed by atoms with Gasteiger partial charge in [-0.25, -0.2) is 4.79 Å². The van der Waals surface area contributed by atoms with Gasteiger partial charge < -0.3 is 19.3 Å². The Morgan fingerprint density at radius 1 is 1.50 bits per heavy atom. The van der Waals surface area contributed by atoms with Gasteiger partial charge in [0.15, 0.2) is 0 Å². The van der Waals surface area contributed by atoms with Gasteiger partial charge in [-0.3, -0.25) is 0 Å². The van der Waals surface area contributed by atoms with Crippen LogP contribution >= 0.6 is 11.6 Å². The summed E-state index contributed by atoms with van der Waals surface area (Å²) in [6, 6.07) is 0. The summed E-state index contributed by atoms with van der Waals surface area (Å²) in [4.78, 5) is 10.1. The topological polar surface area (TPSA) is 65.0 Å². The lowest BCUT2D eigenvalue weighted by atomic mass is 10.3. The van der Waals surface area contributed by atoms with Gasteiger partial charge in [-0.1, -0.05) is 0 Å². The molecule has 6 heteroatoms. The second-order valence-electron chi connectivity index (χ2n) is 2.66. The Labute approximate surface area is 87.9 Å². The maximum absolute atomic E-state index is 10.1. The zero-order valence-electron chi connectivity index (χ0n) is 8.23. The van der Waals surface area contributed by atoms with E-state index in [4.69, 9.17) is 26.2 Å². The molecular formula is C8H15ClO5. The minimum atomic E-state index is -1.33. The molecule has 0 bridgehead atoms. The SMILES string of the molecule is COCCOC(COC(=O)O)C(C)Cl. The second kappa shape index (κ2) is 7.84. The highest BCUT2D eigenvalue weighted by Gasteiger charge is 2.17. The Balaban J connectivity index is 3.72. The van der Waals surface area contributed by atoms with E-state index in [1.165, 1.54) is 0 Å². The van der Waals surface area contributed by atoms with Crippen LogP contribution in [0.2, 0.25) is 0 Å². The fraction of sp³-hybridized carbons (Fsp3) is 0.875. The summed E-state index contributed by atoms with van der Waals surface area (Å²) < 4.78 is 14.4. The highest BCUT2D eigenvalue weighted by Crippen LogP contribution is 2.07. The first-order valence-corrected chi connectivity index (χ1v) is 4.62. The number of ether oxygens (including phenoxy) is 3. The van der Waals surface area contributed by atoms with Crippen LogP contribution in [0.1, 0.15) is 6.92 Å². The van der Waals surface area contributed by atoms with Crippen LogP contribution in [-0.4, -0.2) is 49.7 Å². The van der Waals surface area contributed by atoms with Gasteiger partial charge in [0.1, 0.15) is 12.7 Å². The highest BCUT2D eigenvalue weighted by molar-refractivity contribution is 6.20. The maximum Gasteiger partial charge on any atom is 0.505 e. The van der Waals surface area contributed by atoms with Gasteiger partial charge in [-0.15, -0.1) is 11.6 Å². The van der Waals surface area contributed by atoms with E-state index in [1.54, 1.807) is 14.0 Å². The average molecular weight is 227 g/mol. The van der Waals surface area contributed by atoms with Gasteiger partial charge in [-0.05, 0) is 6.92 Å². The van der Waals surface area contributed by atoms with Crippen molar-refractivity contribution in [2.24, 2.45) is 0 Å². The van der Waals surface area contributed by atoms with Crippen LogP contribution in [0.3, 0.4) is 0 Å². The zero-order chi connectivity index (χ0) is 11.0. The summed E-state index contributed by atoms with van der Waals surface area (Å²) in [5.74, 6) is 0. The van der Waals surface area contributed by atoms with Crippen molar-refractivity contribution in [3.63, 3.8) is 0 Å². The van der Waals surface area contributed by atoms with Crippen LogP contribution in [0.4, 0.5) is 4.79 Å². The largest absolute Gasteiger partial charge is 0.505 e. The molecule has 84 valence electrons. The molecule has 0 aromatic rings. The molecular weight excluding hydrogens is 212 g/mol. The standard InChI is InChI=1S/C8H15ClO5/c1-6(9)7(5-14-8(10)11)13-4-3-12-2/h6-7H,3-5H2,1-2H3,(H,10,11). The van der Waals surface area contributed by atoms with E-state index in [9.17, 15) is 4.79 Å². The normalized spacial score (nSPS) is 14.8. The fourth-order valence-electron chi connectivity index (χ4n) is 0.750. The molecule has 0 aliphatic rings. The van der Waals surface area contributed by atoms with Gasteiger partial charge in [0.2, 0.25) is 0 Å². The molecule has 2 atom stereocenters. The number of hydrogen-bond donors (Lipinski definition) is 1. The number of carbonyl (C=O) groups is 1. The summed E-state index contributed by atoms with van der Waals surface area (Å²) in [6.45, 7) is 2.45. The smallest absolute Gasteiger partial charge is 0.450 e. The third-order valence-electron chi connectivity index (χ3n) is 1.50. The van der Waals surface area contributed by atoms with Crippen LogP contribution in [0.15, 0.2) is 0 Å². The zero-order valence-corrected chi connectivity index (χ0v) is 8.99. The van der Waals surface area contributed by atoms with E-state index in [1.807, 2.05) is 0 Å². The van der Waals surface area contributed by atoms with E-state index in [-0.39, 0.29) is 12.0 Å². The van der Waals surface area contributed by atoms with Gasteiger partial charge >= 0.3 is 6.16 Å². The van der Waals surface area contributed by atoms with E-state index in [2.05, 4.69) is 4.74 Å². The number of carboxylic acid groups (broad SMARTS) is 1. The van der Waals surface area contributed by atoms with E-state index in [0.717, 1.165) is 0 Å². The maximum atomic E-state index is 10.1. The van der Waals surface area contributed by atoms with Crippen LogP contribution in [0.25, 0.3) is 0 Å². The summed E-state index contributed by atoms with van der Waals surface area (Å²) in [7, 11) is 1.55. The Hall–Kier alpha value is -0.520. The van der Waals surface area contributed by atoms with Gasteiger partial charge in [0.05, 0.1) is 18.6 Å². The van der Waals surface area contributed by atoms with Crippen molar-refractivity contribution in [3.05, 3.63) is 0 Å². The second-order valence-corrected chi connectivity index (χ2v) is 3.34. The van der Waals surface area contributed by atoms with Gasteiger partial charge in [0, 0.05) is 7.11 Å². The van der Waals surface area contributed by atoms with Crippen molar-refractivity contribution in [2.45, 2.75) is 18.4 Å². The number of halogens is 1. The Morgan fingerprint density at radius 3 is 2.57 bits per heavy atom. The van der Waals surface area contributed by atoms with Crippen molar-refractivity contribution in [2.75, 3.05) is 26.9 Å². The summed E-state index contributed by atoms with van der Waals surface area (Å²) in [5, 5.41) is 7.96. The molecule has 0 saturated heterocycles. The first-order chi connectivity index (χ1) is 6.57. The first-order valence-electron chi connectivity index (χ1n) is 4.18. The van der Waals surface area contributed by atoms with Gasteiger partial charge in [0.25, 0.3) is 0 Å². The molecule has 0 spiro atoms. The summed E-state index contributed by atoms with van der Waals surface area (Å²) in [6.07, 6.45) is -1.77. The monoisotopic (exact) mass is 226 g/mol. The average Bonchev–Trinajstić information content (AvgIpc) is 2.10. The molecule has 5 nitrogen and oxygen atoms in total. The lowest BCUT2D eigenvalue weighted by Crippen LogP contribution is -2.30. The van der Waals surface area contributed by atoms with E-state index >= 15 is 0 Å². The van der Waals surface area contributed by atoms with Crippen molar-refractivity contribution in [1.29, 1.82) is 0 Å². The quantitative estimate of drug-likeness (QED) is 0.403. The van der Waals surface area contributed by atoms with Gasteiger partial charge in [-0.2, -0.15) is 0 Å². The predicted molar refractivity (Wildman–Crippen MR) is 50.9 cm³/mol. The number of rotatable bonds is 7. The fourth-order valence-corrected chi connectivity index (χ4v) is 0.895. The molecule has 0 radical (unpaired) electrons. The minimum absolute atomic E-state index is 0.0658. The molecule has 0 heterocycles. The van der Waals surface area contributed by atoms with Crippen LogP contribution < -0.4 is 0 Å². The molecule has 0 saturated carbocycles. The molecule has 0 aromatic heterocycles. The number of hydrogen-bond acceptors (Lipinski definition) is 4. The molecule has 14 heavy (non-hydrogen) atoms. The number of alkyl halides is 1. The first kappa shape index (κ1) is 13.5. The van der Waals surface area contributed by atoms with Crippen molar-refractivity contribution in [3.8, 4) is 0 Å². The van der Waals surface area contributed by atoms with Crippen molar-refractivity contribution >= 4 is 17.8 Å². The van der Waals surface area contributed by atoms with Crippen molar-refractivity contribution in [1.82, 2.24) is 0 Å².